The van der Waals surface area contributed by atoms with Crippen molar-refractivity contribution in [3.05, 3.63) is 93.9 Å². The Balaban J connectivity index is 1.58. The lowest BCUT2D eigenvalue weighted by Crippen LogP contribution is -2.37. The summed E-state index contributed by atoms with van der Waals surface area (Å²) in [4.78, 5) is 34.0. The zero-order chi connectivity index (χ0) is 20.8. The van der Waals surface area contributed by atoms with E-state index in [-0.39, 0.29) is 11.8 Å². The van der Waals surface area contributed by atoms with E-state index in [1.165, 1.54) is 4.90 Å². The van der Waals surface area contributed by atoms with Gasteiger partial charge in [0.25, 0.3) is 5.91 Å². The molecule has 3 aromatic carbocycles. The summed E-state index contributed by atoms with van der Waals surface area (Å²) in [6, 6.07) is 23.4. The number of halogens is 2. The van der Waals surface area contributed by atoms with Crippen LogP contribution in [0.15, 0.2) is 83.3 Å². The Kier molecular flexibility index (Phi) is 4.85. The Morgan fingerprint density at radius 2 is 1.47 bits per heavy atom. The lowest BCUT2D eigenvalue weighted by atomic mass is 9.90. The normalized spacial score (nSPS) is 23.2. The Hall–Kier alpha value is -2.67. The Bertz CT molecular complexity index is 1110. The molecule has 0 N–H and O–H groups in total. The van der Waals surface area contributed by atoms with Crippen molar-refractivity contribution >= 4 is 50.7 Å². The van der Waals surface area contributed by atoms with Gasteiger partial charge in [0.05, 0.1) is 17.4 Å². The molecule has 3 atom stereocenters. The first-order valence-electron chi connectivity index (χ1n) is 9.44. The number of nitrogens with zero attached hydrogens (tertiary/aromatic N) is 2. The van der Waals surface area contributed by atoms with E-state index in [1.54, 1.807) is 41.5 Å². The summed E-state index contributed by atoms with van der Waals surface area (Å²) in [5, 5.41) is 2.28. The maximum Gasteiger partial charge on any atom is 0.266 e. The van der Waals surface area contributed by atoms with Gasteiger partial charge in [-0.3, -0.25) is 14.4 Å². The first kappa shape index (κ1) is 19.3. The van der Waals surface area contributed by atoms with Gasteiger partial charge in [0, 0.05) is 9.50 Å². The third-order valence-electron chi connectivity index (χ3n) is 5.42. The van der Waals surface area contributed by atoms with Crippen molar-refractivity contribution in [2.45, 2.75) is 12.1 Å². The lowest BCUT2D eigenvalue weighted by molar-refractivity contribution is -0.126. The molecule has 0 bridgehead atoms. The fourth-order valence-electron chi connectivity index (χ4n) is 4.06. The van der Waals surface area contributed by atoms with Gasteiger partial charge in [0.2, 0.25) is 5.91 Å². The lowest BCUT2D eigenvalue weighted by Gasteiger charge is -2.28. The van der Waals surface area contributed by atoms with E-state index in [0.29, 0.717) is 10.7 Å². The molecular weight excluding hydrogens is 468 g/mol. The topological polar surface area (TPSA) is 49.9 Å². The number of benzene rings is 3. The molecule has 0 saturated carbocycles. The third kappa shape index (κ3) is 3.12. The molecule has 0 radical (unpaired) electrons. The van der Waals surface area contributed by atoms with Crippen molar-refractivity contribution in [3.8, 4) is 0 Å². The van der Waals surface area contributed by atoms with Gasteiger partial charge in [-0.25, -0.2) is 9.96 Å². The Morgan fingerprint density at radius 3 is 2.13 bits per heavy atom. The molecule has 2 aliphatic rings. The maximum atomic E-state index is 13.5. The Morgan fingerprint density at radius 1 is 0.800 bits per heavy atom. The van der Waals surface area contributed by atoms with Gasteiger partial charge < -0.3 is 0 Å². The van der Waals surface area contributed by atoms with Crippen LogP contribution in [-0.2, 0) is 14.4 Å². The highest BCUT2D eigenvalue weighted by Crippen LogP contribution is 2.47. The van der Waals surface area contributed by atoms with Crippen LogP contribution in [0.3, 0.4) is 0 Å². The van der Waals surface area contributed by atoms with E-state index in [4.69, 9.17) is 16.4 Å². The molecular formula is C23H16BrClN2O3. The monoisotopic (exact) mass is 482 g/mol. The average molecular weight is 484 g/mol. The fraction of sp³-hybridized carbons (Fsp3) is 0.130. The standard InChI is InChI=1S/C23H16BrClN2O3/c24-15-8-12-17(13-9-15)26-22(28)19-20(14-6-10-16(25)11-7-14)27(30-21(19)23(26)29)18-4-2-1-3-5-18/h1-13,19-21H/t19-,20-,21+/m0/s1. The second-order valence-corrected chi connectivity index (χ2v) is 8.55. The minimum atomic E-state index is -0.887. The molecule has 2 amide bonds. The summed E-state index contributed by atoms with van der Waals surface area (Å²) in [5.74, 6) is -1.29. The summed E-state index contributed by atoms with van der Waals surface area (Å²) < 4.78 is 0.871. The van der Waals surface area contributed by atoms with Gasteiger partial charge in [-0.05, 0) is 54.1 Å². The van der Waals surface area contributed by atoms with E-state index in [9.17, 15) is 9.59 Å². The maximum absolute atomic E-state index is 13.5. The van der Waals surface area contributed by atoms with Crippen molar-refractivity contribution in [1.82, 2.24) is 0 Å². The highest BCUT2D eigenvalue weighted by molar-refractivity contribution is 9.10. The number of amides is 2. The zero-order valence-electron chi connectivity index (χ0n) is 15.6. The second kappa shape index (κ2) is 7.54. The first-order chi connectivity index (χ1) is 14.5. The van der Waals surface area contributed by atoms with Crippen LogP contribution in [0, 0.1) is 5.92 Å². The predicted octanol–water partition coefficient (Wildman–Crippen LogP) is 5.15. The van der Waals surface area contributed by atoms with Crippen molar-refractivity contribution in [2.24, 2.45) is 5.92 Å². The van der Waals surface area contributed by atoms with Gasteiger partial charge in [-0.1, -0.05) is 57.9 Å². The van der Waals surface area contributed by atoms with Gasteiger partial charge in [0.1, 0.15) is 5.92 Å². The number of carbonyl (C=O) groups excluding carboxylic acids is 2. The van der Waals surface area contributed by atoms with Crippen LogP contribution in [0.25, 0.3) is 0 Å². The smallest absolute Gasteiger partial charge is 0.266 e. The number of imide groups is 1. The van der Waals surface area contributed by atoms with Gasteiger partial charge in [-0.15, -0.1) is 0 Å². The zero-order valence-corrected chi connectivity index (χ0v) is 18.0. The minimum absolute atomic E-state index is 0.272. The molecule has 2 aliphatic heterocycles. The highest BCUT2D eigenvalue weighted by atomic mass is 79.9. The molecule has 0 aliphatic carbocycles. The quantitative estimate of drug-likeness (QED) is 0.483. The van der Waals surface area contributed by atoms with Crippen molar-refractivity contribution in [2.75, 3.05) is 9.96 Å². The summed E-state index contributed by atoms with van der Waals surface area (Å²) >= 11 is 9.45. The van der Waals surface area contributed by atoms with Crippen LogP contribution in [-0.4, -0.2) is 17.9 Å². The number of carbonyl (C=O) groups is 2. The highest BCUT2D eigenvalue weighted by Gasteiger charge is 2.60. The van der Waals surface area contributed by atoms with Crippen LogP contribution in [0.1, 0.15) is 11.6 Å². The molecule has 2 heterocycles. The van der Waals surface area contributed by atoms with Crippen LogP contribution >= 0.6 is 27.5 Å². The van der Waals surface area contributed by atoms with E-state index in [0.717, 1.165) is 15.7 Å². The van der Waals surface area contributed by atoms with E-state index < -0.39 is 18.1 Å². The molecule has 150 valence electrons. The summed E-state index contributed by atoms with van der Waals surface area (Å²) in [7, 11) is 0. The van der Waals surface area contributed by atoms with Gasteiger partial charge >= 0.3 is 0 Å². The molecule has 5 rings (SSSR count). The number of hydrogen-bond acceptors (Lipinski definition) is 4. The van der Waals surface area contributed by atoms with Crippen molar-refractivity contribution in [1.29, 1.82) is 0 Å². The van der Waals surface area contributed by atoms with E-state index in [1.807, 2.05) is 42.5 Å². The molecule has 3 aromatic rings. The summed E-state index contributed by atoms with van der Waals surface area (Å²) in [5.41, 5.74) is 2.17. The van der Waals surface area contributed by atoms with Gasteiger partial charge in [-0.2, -0.15) is 0 Å². The summed E-state index contributed by atoms with van der Waals surface area (Å²) in [6.45, 7) is 0. The fourth-order valence-corrected chi connectivity index (χ4v) is 4.45. The predicted molar refractivity (Wildman–Crippen MR) is 118 cm³/mol. The van der Waals surface area contributed by atoms with E-state index in [2.05, 4.69) is 15.9 Å². The summed E-state index contributed by atoms with van der Waals surface area (Å²) in [6.07, 6.45) is -0.887. The number of fused-ring (bicyclic) bond motifs is 1. The van der Waals surface area contributed by atoms with Gasteiger partial charge in [0.15, 0.2) is 6.10 Å². The number of para-hydroxylation sites is 1. The van der Waals surface area contributed by atoms with Crippen LogP contribution in [0.2, 0.25) is 5.02 Å². The molecule has 0 spiro atoms. The number of anilines is 2. The van der Waals surface area contributed by atoms with Crippen molar-refractivity contribution in [3.63, 3.8) is 0 Å². The second-order valence-electron chi connectivity index (χ2n) is 7.20. The number of rotatable bonds is 3. The molecule has 5 nitrogen and oxygen atoms in total. The molecule has 0 unspecified atom stereocenters. The van der Waals surface area contributed by atoms with Crippen LogP contribution in [0.5, 0.6) is 0 Å². The molecule has 2 saturated heterocycles. The SMILES string of the molecule is O=C1[C@@H]2[C@@H](ON(c3ccccc3)[C@H]2c2ccc(Cl)cc2)C(=O)N1c1ccc(Br)cc1. The molecule has 0 aromatic heterocycles. The first-order valence-corrected chi connectivity index (χ1v) is 10.6. The van der Waals surface area contributed by atoms with Crippen LogP contribution < -0.4 is 9.96 Å². The third-order valence-corrected chi connectivity index (χ3v) is 6.20. The average Bonchev–Trinajstić information content (AvgIpc) is 3.27. The molecule has 7 heteroatoms. The molecule has 2 fully saturated rings. The number of hydrogen-bond donors (Lipinski definition) is 0. The minimum Gasteiger partial charge on any atom is -0.273 e. The number of hydroxylamine groups is 1. The van der Waals surface area contributed by atoms with Crippen molar-refractivity contribution < 1.29 is 14.4 Å². The molecule has 30 heavy (non-hydrogen) atoms. The van der Waals surface area contributed by atoms with Crippen LogP contribution in [0.4, 0.5) is 11.4 Å². The van der Waals surface area contributed by atoms with E-state index >= 15 is 0 Å². The largest absolute Gasteiger partial charge is 0.273 e. The Labute approximate surface area is 186 Å².